The van der Waals surface area contributed by atoms with Gasteiger partial charge in [0, 0.05) is 25.6 Å². The van der Waals surface area contributed by atoms with Crippen LogP contribution in [0.25, 0.3) is 0 Å². The number of hydrogen-bond acceptors (Lipinski definition) is 3. The van der Waals surface area contributed by atoms with E-state index in [-0.39, 0.29) is 29.9 Å². The van der Waals surface area contributed by atoms with E-state index >= 15 is 0 Å². The molecule has 0 bridgehead atoms. The number of aliphatic hydroxyl groups excluding tert-OH is 1. The van der Waals surface area contributed by atoms with E-state index in [9.17, 15) is 4.79 Å². The molecular formula is C13H26N2O2. The molecule has 0 aromatic carbocycles. The Bertz CT molecular complexity index is 279. The fourth-order valence-corrected chi connectivity index (χ4v) is 2.82. The first-order valence-corrected chi connectivity index (χ1v) is 6.43. The minimum Gasteiger partial charge on any atom is -0.395 e. The van der Waals surface area contributed by atoms with Gasteiger partial charge < -0.3 is 15.7 Å². The molecule has 1 amide bonds. The zero-order valence-electron chi connectivity index (χ0n) is 11.4. The van der Waals surface area contributed by atoms with Crippen LogP contribution in [-0.2, 0) is 4.79 Å². The van der Waals surface area contributed by atoms with Crippen molar-refractivity contribution in [3.05, 3.63) is 0 Å². The molecule has 1 aliphatic rings. The standard InChI is InChI=1S/C13H26N2O2/c1-9-11(14)6-5-10(13(9,2)3)12(17)15(4)7-8-16/h9-11,16H,5-8,14H2,1-4H3. The maximum Gasteiger partial charge on any atom is 0.226 e. The smallest absolute Gasteiger partial charge is 0.226 e. The van der Waals surface area contributed by atoms with Gasteiger partial charge in [-0.05, 0) is 24.2 Å². The summed E-state index contributed by atoms with van der Waals surface area (Å²) in [5.74, 6) is 0.504. The summed E-state index contributed by atoms with van der Waals surface area (Å²) < 4.78 is 0. The van der Waals surface area contributed by atoms with E-state index in [4.69, 9.17) is 10.8 Å². The van der Waals surface area contributed by atoms with Gasteiger partial charge in [-0.3, -0.25) is 4.79 Å². The van der Waals surface area contributed by atoms with Crippen LogP contribution in [0.4, 0.5) is 0 Å². The molecule has 1 saturated carbocycles. The molecule has 1 fully saturated rings. The van der Waals surface area contributed by atoms with Gasteiger partial charge in [0.15, 0.2) is 0 Å². The van der Waals surface area contributed by atoms with Crippen LogP contribution in [0.2, 0.25) is 0 Å². The normalized spacial score (nSPS) is 32.2. The first-order chi connectivity index (χ1) is 7.82. The van der Waals surface area contributed by atoms with Crippen LogP contribution in [0.3, 0.4) is 0 Å². The minimum atomic E-state index is -0.0710. The number of carbonyl (C=O) groups excluding carboxylic acids is 1. The number of rotatable bonds is 3. The Balaban J connectivity index is 2.80. The second-order valence-corrected chi connectivity index (χ2v) is 5.89. The third kappa shape index (κ3) is 2.80. The molecule has 1 rings (SSSR count). The molecule has 0 saturated heterocycles. The number of nitrogens with zero attached hydrogens (tertiary/aromatic N) is 1. The van der Waals surface area contributed by atoms with Gasteiger partial charge in [0.05, 0.1) is 6.61 Å². The summed E-state index contributed by atoms with van der Waals surface area (Å²) in [6, 6.07) is 0.192. The van der Waals surface area contributed by atoms with E-state index in [1.54, 1.807) is 11.9 Å². The van der Waals surface area contributed by atoms with Crippen LogP contribution in [0.1, 0.15) is 33.6 Å². The maximum absolute atomic E-state index is 12.3. The first kappa shape index (κ1) is 14.5. The summed E-state index contributed by atoms with van der Waals surface area (Å²) in [7, 11) is 1.76. The van der Waals surface area contributed by atoms with E-state index in [2.05, 4.69) is 20.8 Å². The lowest BCUT2D eigenvalue weighted by Gasteiger charge is -2.47. The summed E-state index contributed by atoms with van der Waals surface area (Å²) in [4.78, 5) is 14.0. The molecule has 100 valence electrons. The van der Waals surface area contributed by atoms with Crippen LogP contribution in [-0.4, -0.2) is 42.2 Å². The van der Waals surface area contributed by atoms with Crippen molar-refractivity contribution in [3.8, 4) is 0 Å². The molecule has 3 N–H and O–H groups in total. The molecule has 0 radical (unpaired) electrons. The number of likely N-dealkylation sites (N-methyl/N-ethyl adjacent to an activating group) is 1. The Hall–Kier alpha value is -0.610. The fraction of sp³-hybridized carbons (Fsp3) is 0.923. The first-order valence-electron chi connectivity index (χ1n) is 6.43. The summed E-state index contributed by atoms with van der Waals surface area (Å²) in [5, 5.41) is 8.89. The minimum absolute atomic E-state index is 0.0183. The summed E-state index contributed by atoms with van der Waals surface area (Å²) in [6.07, 6.45) is 1.76. The van der Waals surface area contributed by atoms with Crippen molar-refractivity contribution in [2.45, 2.75) is 39.7 Å². The Morgan fingerprint density at radius 2 is 2.06 bits per heavy atom. The molecule has 0 aromatic heterocycles. The lowest BCUT2D eigenvalue weighted by molar-refractivity contribution is -0.142. The highest BCUT2D eigenvalue weighted by Gasteiger charge is 2.45. The third-order valence-electron chi connectivity index (χ3n) is 4.61. The predicted molar refractivity (Wildman–Crippen MR) is 68.4 cm³/mol. The van der Waals surface area contributed by atoms with Crippen molar-refractivity contribution in [1.29, 1.82) is 0 Å². The highest BCUT2D eigenvalue weighted by molar-refractivity contribution is 5.79. The molecule has 3 atom stereocenters. The van der Waals surface area contributed by atoms with Crippen LogP contribution in [0.15, 0.2) is 0 Å². The molecular weight excluding hydrogens is 216 g/mol. The second kappa shape index (κ2) is 5.36. The average Bonchev–Trinajstić information content (AvgIpc) is 2.26. The molecule has 4 heteroatoms. The van der Waals surface area contributed by atoms with Gasteiger partial charge in [0.25, 0.3) is 0 Å². The Kier molecular flexibility index (Phi) is 4.55. The van der Waals surface area contributed by atoms with Crippen LogP contribution in [0, 0.1) is 17.3 Å². The number of amides is 1. The predicted octanol–water partition coefficient (Wildman–Crippen LogP) is 0.837. The maximum atomic E-state index is 12.3. The van der Waals surface area contributed by atoms with Crippen molar-refractivity contribution in [2.75, 3.05) is 20.2 Å². The SMILES string of the molecule is CC1C(N)CCC(C(=O)N(C)CCO)C1(C)C. The van der Waals surface area contributed by atoms with Crippen molar-refractivity contribution < 1.29 is 9.90 Å². The molecule has 1 aliphatic carbocycles. The van der Waals surface area contributed by atoms with Crippen molar-refractivity contribution in [1.82, 2.24) is 4.90 Å². The highest BCUT2D eigenvalue weighted by Crippen LogP contribution is 2.44. The molecule has 0 aliphatic heterocycles. The van der Waals surface area contributed by atoms with Crippen LogP contribution < -0.4 is 5.73 Å². The Labute approximate surface area is 104 Å². The van der Waals surface area contributed by atoms with E-state index in [1.165, 1.54) is 0 Å². The highest BCUT2D eigenvalue weighted by atomic mass is 16.3. The number of carbonyl (C=O) groups is 1. The van der Waals surface area contributed by atoms with E-state index < -0.39 is 0 Å². The van der Waals surface area contributed by atoms with Crippen molar-refractivity contribution in [2.24, 2.45) is 23.0 Å². The fourth-order valence-electron chi connectivity index (χ4n) is 2.82. The summed E-state index contributed by atoms with van der Waals surface area (Å²) in [6.45, 7) is 6.82. The van der Waals surface area contributed by atoms with Gasteiger partial charge >= 0.3 is 0 Å². The quantitative estimate of drug-likeness (QED) is 0.770. The monoisotopic (exact) mass is 242 g/mol. The molecule has 4 nitrogen and oxygen atoms in total. The van der Waals surface area contributed by atoms with Crippen molar-refractivity contribution in [3.63, 3.8) is 0 Å². The van der Waals surface area contributed by atoms with Gasteiger partial charge in [0.2, 0.25) is 5.91 Å². The number of aliphatic hydroxyl groups is 1. The second-order valence-electron chi connectivity index (χ2n) is 5.89. The zero-order chi connectivity index (χ0) is 13.2. The van der Waals surface area contributed by atoms with E-state index in [1.807, 2.05) is 0 Å². The van der Waals surface area contributed by atoms with Gasteiger partial charge in [-0.1, -0.05) is 20.8 Å². The summed E-state index contributed by atoms with van der Waals surface area (Å²) >= 11 is 0. The Morgan fingerprint density at radius 1 is 1.47 bits per heavy atom. The molecule has 0 spiro atoms. The van der Waals surface area contributed by atoms with Crippen molar-refractivity contribution >= 4 is 5.91 Å². The van der Waals surface area contributed by atoms with Crippen LogP contribution in [0.5, 0.6) is 0 Å². The number of nitrogens with two attached hydrogens (primary N) is 1. The van der Waals surface area contributed by atoms with Crippen LogP contribution >= 0.6 is 0 Å². The van der Waals surface area contributed by atoms with E-state index in [0.29, 0.717) is 12.5 Å². The lowest BCUT2D eigenvalue weighted by Crippen LogP contribution is -2.52. The number of hydrogen-bond donors (Lipinski definition) is 2. The Morgan fingerprint density at radius 3 is 2.59 bits per heavy atom. The molecule has 3 unspecified atom stereocenters. The van der Waals surface area contributed by atoms with Gasteiger partial charge in [-0.2, -0.15) is 0 Å². The van der Waals surface area contributed by atoms with Gasteiger partial charge in [0.1, 0.15) is 0 Å². The topological polar surface area (TPSA) is 66.6 Å². The largest absolute Gasteiger partial charge is 0.395 e. The zero-order valence-corrected chi connectivity index (χ0v) is 11.4. The average molecular weight is 242 g/mol. The molecule has 17 heavy (non-hydrogen) atoms. The van der Waals surface area contributed by atoms with Gasteiger partial charge in [-0.25, -0.2) is 0 Å². The van der Waals surface area contributed by atoms with E-state index in [0.717, 1.165) is 12.8 Å². The van der Waals surface area contributed by atoms with Gasteiger partial charge in [-0.15, -0.1) is 0 Å². The molecule has 0 aromatic rings. The third-order valence-corrected chi connectivity index (χ3v) is 4.61. The lowest BCUT2D eigenvalue weighted by atomic mass is 9.61. The molecule has 0 heterocycles. The summed E-state index contributed by atoms with van der Waals surface area (Å²) in [5.41, 5.74) is 6.02.